The lowest BCUT2D eigenvalue weighted by atomic mass is 9.43. The van der Waals surface area contributed by atoms with Gasteiger partial charge in [-0.25, -0.2) is 0 Å². The van der Waals surface area contributed by atoms with Gasteiger partial charge >= 0.3 is 0 Å². The van der Waals surface area contributed by atoms with Gasteiger partial charge in [-0.1, -0.05) is 110 Å². The summed E-state index contributed by atoms with van der Waals surface area (Å²) in [5, 5.41) is 5.05. The van der Waals surface area contributed by atoms with Crippen LogP contribution in [0.1, 0.15) is 54.4 Å². The fourth-order valence-electron chi connectivity index (χ4n) is 12.7. The second-order valence-electron chi connectivity index (χ2n) is 17.4. The molecule has 0 atom stereocenters. The predicted octanol–water partition coefficient (Wildman–Crippen LogP) is 14.3. The number of anilines is 2. The normalized spacial score (nSPS) is 23.1. The minimum absolute atomic E-state index is 0.0844. The molecule has 0 N–H and O–H groups in total. The summed E-state index contributed by atoms with van der Waals surface area (Å²) in [6.07, 6.45) is 11.4. The molecule has 0 amide bonds. The standard InChI is InChI=1S/C55H46N2/c1-3-42(32-39-22-21-38-13-7-8-16-46(38)35(39)2)56(44-24-26-54-50(33-44)49-18-10-12-20-53(49)57(54)43-14-5-4-6-15-43)45-23-25-48-47-17-9-11-19-51(47)55(52(48)34-45)40-28-36-27-37(30-40)31-41(55)29-36/h3-26,32-34,36-37,40-41H,1,27-31H2,2H3/b42-32+. The van der Waals surface area contributed by atoms with E-state index in [2.05, 4.69) is 187 Å². The van der Waals surface area contributed by atoms with Gasteiger partial charge in [-0.3, -0.25) is 0 Å². The van der Waals surface area contributed by atoms with Crippen LogP contribution in [0.25, 0.3) is 55.5 Å². The van der Waals surface area contributed by atoms with Crippen molar-refractivity contribution in [1.82, 2.24) is 4.57 Å². The molecule has 1 aromatic heterocycles. The lowest BCUT2D eigenvalue weighted by Crippen LogP contribution is -2.55. The van der Waals surface area contributed by atoms with Crippen LogP contribution in [0.4, 0.5) is 11.4 Å². The quantitative estimate of drug-likeness (QED) is 0.154. The average Bonchev–Trinajstić information content (AvgIpc) is 3.74. The van der Waals surface area contributed by atoms with Gasteiger partial charge < -0.3 is 9.47 Å². The third kappa shape index (κ3) is 4.71. The van der Waals surface area contributed by atoms with E-state index in [0.29, 0.717) is 11.8 Å². The first-order valence-electron chi connectivity index (χ1n) is 21.1. The van der Waals surface area contributed by atoms with Crippen LogP contribution in [0.2, 0.25) is 0 Å². The van der Waals surface area contributed by atoms with Crippen molar-refractivity contribution in [2.75, 3.05) is 4.90 Å². The smallest absolute Gasteiger partial charge is 0.0542 e. The molecule has 13 rings (SSSR count). The summed E-state index contributed by atoms with van der Waals surface area (Å²) < 4.78 is 2.41. The molecule has 5 aliphatic carbocycles. The van der Waals surface area contributed by atoms with E-state index in [1.807, 2.05) is 0 Å². The van der Waals surface area contributed by atoms with Crippen LogP contribution in [0.5, 0.6) is 0 Å². The molecule has 4 saturated carbocycles. The topological polar surface area (TPSA) is 8.17 Å². The maximum absolute atomic E-state index is 4.51. The van der Waals surface area contributed by atoms with Gasteiger partial charge in [-0.05, 0) is 168 Å². The van der Waals surface area contributed by atoms with Crippen molar-refractivity contribution in [2.24, 2.45) is 23.7 Å². The Hall–Kier alpha value is -6.12. The Morgan fingerprint density at radius 2 is 1.25 bits per heavy atom. The molecule has 0 radical (unpaired) electrons. The number of hydrogen-bond donors (Lipinski definition) is 0. The summed E-state index contributed by atoms with van der Waals surface area (Å²) >= 11 is 0. The second kappa shape index (κ2) is 12.4. The monoisotopic (exact) mass is 734 g/mol. The van der Waals surface area contributed by atoms with Crippen molar-refractivity contribution >= 4 is 50.0 Å². The minimum atomic E-state index is 0.0844. The minimum Gasteiger partial charge on any atom is -0.310 e. The molecule has 5 aliphatic rings. The summed E-state index contributed by atoms with van der Waals surface area (Å²) in [6.45, 7) is 6.77. The largest absolute Gasteiger partial charge is 0.310 e. The van der Waals surface area contributed by atoms with Crippen LogP contribution in [0.3, 0.4) is 0 Å². The Morgan fingerprint density at radius 1 is 0.596 bits per heavy atom. The van der Waals surface area contributed by atoms with E-state index >= 15 is 0 Å². The lowest BCUT2D eigenvalue weighted by Gasteiger charge is -2.61. The molecule has 4 fully saturated rings. The summed E-state index contributed by atoms with van der Waals surface area (Å²) in [6, 6.07) is 56.8. The van der Waals surface area contributed by atoms with Crippen molar-refractivity contribution in [2.45, 2.75) is 44.4 Å². The molecule has 2 heteroatoms. The zero-order valence-corrected chi connectivity index (χ0v) is 32.5. The van der Waals surface area contributed by atoms with Crippen LogP contribution < -0.4 is 4.90 Å². The maximum Gasteiger partial charge on any atom is 0.0542 e. The Balaban J connectivity index is 1.10. The molecule has 1 spiro atoms. The van der Waals surface area contributed by atoms with Crippen LogP contribution in [0, 0.1) is 30.6 Å². The van der Waals surface area contributed by atoms with Gasteiger partial charge in [0.25, 0.3) is 0 Å². The molecule has 8 aromatic rings. The number of hydrogen-bond acceptors (Lipinski definition) is 1. The van der Waals surface area contributed by atoms with E-state index in [-0.39, 0.29) is 5.41 Å². The number of para-hydroxylation sites is 2. The number of aryl methyl sites for hydroxylation is 1. The van der Waals surface area contributed by atoms with Crippen molar-refractivity contribution < 1.29 is 0 Å². The molecular weight excluding hydrogens is 689 g/mol. The number of allylic oxidation sites excluding steroid dienone is 1. The van der Waals surface area contributed by atoms with Crippen LogP contribution in [-0.4, -0.2) is 4.57 Å². The Labute approximate surface area is 335 Å². The Morgan fingerprint density at radius 3 is 2.05 bits per heavy atom. The maximum atomic E-state index is 4.51. The molecule has 276 valence electrons. The van der Waals surface area contributed by atoms with E-state index in [4.69, 9.17) is 0 Å². The molecule has 4 bridgehead atoms. The highest BCUT2D eigenvalue weighted by molar-refractivity contribution is 6.10. The summed E-state index contributed by atoms with van der Waals surface area (Å²) in [5.74, 6) is 3.21. The fourth-order valence-corrected chi connectivity index (χ4v) is 12.7. The van der Waals surface area contributed by atoms with Gasteiger partial charge in [0.1, 0.15) is 0 Å². The van der Waals surface area contributed by atoms with Crippen LogP contribution in [-0.2, 0) is 5.41 Å². The van der Waals surface area contributed by atoms with Gasteiger partial charge in [-0.2, -0.15) is 0 Å². The van der Waals surface area contributed by atoms with Crippen LogP contribution >= 0.6 is 0 Å². The molecule has 7 aromatic carbocycles. The number of rotatable bonds is 6. The summed E-state index contributed by atoms with van der Waals surface area (Å²) in [4.78, 5) is 2.49. The van der Waals surface area contributed by atoms with E-state index < -0.39 is 0 Å². The third-order valence-corrected chi connectivity index (χ3v) is 14.7. The summed E-state index contributed by atoms with van der Waals surface area (Å²) in [7, 11) is 0. The number of nitrogens with zero attached hydrogens (tertiary/aromatic N) is 2. The molecular formula is C55H46N2. The molecule has 0 unspecified atom stereocenters. The van der Waals surface area contributed by atoms with Crippen LogP contribution in [0.15, 0.2) is 170 Å². The van der Waals surface area contributed by atoms with Gasteiger partial charge in [0.05, 0.1) is 11.0 Å². The number of benzene rings is 7. The number of aromatic nitrogens is 1. The second-order valence-corrected chi connectivity index (χ2v) is 17.4. The fraction of sp³-hybridized carbons (Fsp3) is 0.200. The first-order chi connectivity index (χ1) is 28.1. The third-order valence-electron chi connectivity index (χ3n) is 14.7. The van der Waals surface area contributed by atoms with Crippen molar-refractivity contribution in [3.8, 4) is 16.8 Å². The molecule has 2 nitrogen and oxygen atoms in total. The van der Waals surface area contributed by atoms with E-state index in [1.165, 1.54) is 98.3 Å². The zero-order valence-electron chi connectivity index (χ0n) is 32.5. The molecule has 1 heterocycles. The highest BCUT2D eigenvalue weighted by Crippen LogP contribution is 2.69. The van der Waals surface area contributed by atoms with Crippen molar-refractivity contribution in [3.05, 3.63) is 192 Å². The Kier molecular flexibility index (Phi) is 7.21. The van der Waals surface area contributed by atoms with Gasteiger partial charge in [0, 0.05) is 38.9 Å². The van der Waals surface area contributed by atoms with Gasteiger partial charge in [0.15, 0.2) is 0 Å². The van der Waals surface area contributed by atoms with Gasteiger partial charge in [-0.15, -0.1) is 0 Å². The highest BCUT2D eigenvalue weighted by atomic mass is 15.1. The average molecular weight is 735 g/mol. The van der Waals surface area contributed by atoms with E-state index in [9.17, 15) is 0 Å². The van der Waals surface area contributed by atoms with Crippen molar-refractivity contribution in [3.63, 3.8) is 0 Å². The van der Waals surface area contributed by atoms with Gasteiger partial charge in [0.2, 0.25) is 0 Å². The highest BCUT2D eigenvalue weighted by Gasteiger charge is 2.61. The first-order valence-corrected chi connectivity index (χ1v) is 21.1. The number of fused-ring (bicyclic) bond motifs is 7. The summed E-state index contributed by atoms with van der Waals surface area (Å²) in [5.41, 5.74) is 15.6. The van der Waals surface area contributed by atoms with Crippen molar-refractivity contribution in [1.29, 1.82) is 0 Å². The SMILES string of the molecule is C=C/C(=C\c1ccc2ccccc2c1C)N(c1ccc2c(c1)C1(c3ccccc3-2)C2CC3CC(C2)CC1C3)c1ccc2c(c1)c1ccccc1n2-c1ccccc1. The van der Waals surface area contributed by atoms with E-state index in [0.717, 1.165) is 23.2 Å². The molecule has 0 aliphatic heterocycles. The Bertz CT molecular complexity index is 2930. The predicted molar refractivity (Wildman–Crippen MR) is 239 cm³/mol. The molecule has 0 saturated heterocycles. The van der Waals surface area contributed by atoms with E-state index in [1.54, 1.807) is 11.1 Å². The first kappa shape index (κ1) is 33.1. The molecule has 57 heavy (non-hydrogen) atoms. The zero-order chi connectivity index (χ0) is 37.8. The lowest BCUT2D eigenvalue weighted by molar-refractivity contribution is -0.0399.